The molecule has 1 atom stereocenters. The minimum Gasteiger partial charge on any atom is -0.494 e. The molecule has 5 heteroatoms. The molecule has 0 aliphatic rings. The molecule has 0 bridgehead atoms. The molecule has 0 aromatic heterocycles. The largest absolute Gasteiger partial charge is 0.494 e. The maximum absolute atomic E-state index is 13.5. The van der Waals surface area contributed by atoms with E-state index in [4.69, 9.17) is 15.3 Å². The van der Waals surface area contributed by atoms with Crippen LogP contribution in [-0.2, 0) is 4.74 Å². The second-order valence-electron chi connectivity index (χ2n) is 3.60. The smallest absolute Gasteiger partial charge is 0.165 e. The topological polar surface area (TPSA) is 56.5 Å². The third kappa shape index (κ3) is 3.96. The van der Waals surface area contributed by atoms with Crippen LogP contribution in [-0.4, -0.2) is 20.3 Å². The zero-order valence-corrected chi connectivity index (χ0v) is 10.2. The average Bonchev–Trinajstić information content (AvgIpc) is 2.35. The number of ether oxygens (including phenoxy) is 2. The standard InChI is InChI=1S/C12H19FN2O2/c1-3-17-7-6-11(15-14)9-4-5-12(16-2)10(13)8-9/h4-5,8,11,15H,3,6-7,14H2,1-2H3. The van der Waals surface area contributed by atoms with E-state index in [-0.39, 0.29) is 17.6 Å². The Morgan fingerprint density at radius 1 is 1.47 bits per heavy atom. The van der Waals surface area contributed by atoms with Crippen molar-refractivity contribution in [3.63, 3.8) is 0 Å². The Morgan fingerprint density at radius 3 is 2.76 bits per heavy atom. The Hall–Kier alpha value is -1.17. The third-order valence-electron chi connectivity index (χ3n) is 2.53. The molecule has 0 spiro atoms. The second-order valence-corrected chi connectivity index (χ2v) is 3.60. The normalized spacial score (nSPS) is 12.5. The first-order valence-corrected chi connectivity index (χ1v) is 5.60. The van der Waals surface area contributed by atoms with Crippen LogP contribution in [0.2, 0.25) is 0 Å². The van der Waals surface area contributed by atoms with E-state index in [0.717, 1.165) is 5.56 Å². The van der Waals surface area contributed by atoms with Gasteiger partial charge in [-0.15, -0.1) is 0 Å². The third-order valence-corrected chi connectivity index (χ3v) is 2.53. The minimum atomic E-state index is -0.387. The highest BCUT2D eigenvalue weighted by molar-refractivity contribution is 5.30. The van der Waals surface area contributed by atoms with Crippen molar-refractivity contribution in [1.82, 2.24) is 5.43 Å². The van der Waals surface area contributed by atoms with Gasteiger partial charge < -0.3 is 9.47 Å². The average molecular weight is 242 g/mol. The molecular formula is C12H19FN2O2. The molecule has 0 saturated heterocycles. The van der Waals surface area contributed by atoms with E-state index in [0.29, 0.717) is 19.6 Å². The lowest BCUT2D eigenvalue weighted by Gasteiger charge is -2.16. The highest BCUT2D eigenvalue weighted by Crippen LogP contribution is 2.23. The quantitative estimate of drug-likeness (QED) is 0.434. The monoisotopic (exact) mass is 242 g/mol. The Labute approximate surface area is 101 Å². The van der Waals surface area contributed by atoms with E-state index in [9.17, 15) is 4.39 Å². The van der Waals surface area contributed by atoms with Crippen molar-refractivity contribution >= 4 is 0 Å². The molecule has 0 heterocycles. The fourth-order valence-electron chi connectivity index (χ4n) is 1.59. The Bertz CT molecular complexity index is 347. The van der Waals surface area contributed by atoms with Gasteiger partial charge in [0.05, 0.1) is 7.11 Å². The predicted molar refractivity (Wildman–Crippen MR) is 64.1 cm³/mol. The molecule has 0 radical (unpaired) electrons. The summed E-state index contributed by atoms with van der Waals surface area (Å²) in [5, 5.41) is 0. The Balaban J connectivity index is 2.71. The first-order valence-electron chi connectivity index (χ1n) is 5.60. The molecule has 4 nitrogen and oxygen atoms in total. The van der Waals surface area contributed by atoms with Crippen molar-refractivity contribution in [3.8, 4) is 5.75 Å². The molecule has 17 heavy (non-hydrogen) atoms. The highest BCUT2D eigenvalue weighted by atomic mass is 19.1. The molecule has 0 saturated carbocycles. The van der Waals surface area contributed by atoms with Crippen molar-refractivity contribution in [3.05, 3.63) is 29.6 Å². The zero-order valence-electron chi connectivity index (χ0n) is 10.2. The lowest BCUT2D eigenvalue weighted by atomic mass is 10.0. The lowest BCUT2D eigenvalue weighted by Crippen LogP contribution is -2.29. The summed E-state index contributed by atoms with van der Waals surface area (Å²) < 4.78 is 23.6. The van der Waals surface area contributed by atoms with E-state index in [1.165, 1.54) is 13.2 Å². The molecule has 96 valence electrons. The fourth-order valence-corrected chi connectivity index (χ4v) is 1.59. The SMILES string of the molecule is CCOCCC(NN)c1ccc(OC)c(F)c1. The number of benzene rings is 1. The van der Waals surface area contributed by atoms with Crippen LogP contribution in [0.5, 0.6) is 5.75 Å². The molecule has 0 amide bonds. The summed E-state index contributed by atoms with van der Waals surface area (Å²) in [7, 11) is 1.44. The van der Waals surface area contributed by atoms with E-state index in [2.05, 4.69) is 5.43 Å². The van der Waals surface area contributed by atoms with Crippen LogP contribution in [0.1, 0.15) is 24.9 Å². The van der Waals surface area contributed by atoms with Crippen LogP contribution in [0.4, 0.5) is 4.39 Å². The molecule has 1 aromatic carbocycles. The number of rotatable bonds is 7. The van der Waals surface area contributed by atoms with Gasteiger partial charge in [-0.05, 0) is 31.0 Å². The predicted octanol–water partition coefficient (Wildman–Crippen LogP) is 1.77. The van der Waals surface area contributed by atoms with Gasteiger partial charge in [0.15, 0.2) is 11.6 Å². The first-order chi connectivity index (χ1) is 8.22. The summed E-state index contributed by atoms with van der Waals surface area (Å²) >= 11 is 0. The van der Waals surface area contributed by atoms with Crippen molar-refractivity contribution in [1.29, 1.82) is 0 Å². The van der Waals surface area contributed by atoms with Gasteiger partial charge in [0.25, 0.3) is 0 Å². The Kier molecular flexibility index (Phi) is 5.90. The number of hydrazine groups is 1. The van der Waals surface area contributed by atoms with Crippen LogP contribution >= 0.6 is 0 Å². The zero-order chi connectivity index (χ0) is 12.7. The summed E-state index contributed by atoms with van der Waals surface area (Å²) in [6.45, 7) is 3.17. The van der Waals surface area contributed by atoms with Crippen LogP contribution in [0.15, 0.2) is 18.2 Å². The van der Waals surface area contributed by atoms with Crippen molar-refractivity contribution in [2.45, 2.75) is 19.4 Å². The van der Waals surface area contributed by atoms with Crippen molar-refractivity contribution in [2.24, 2.45) is 5.84 Å². The number of methoxy groups -OCH3 is 1. The molecule has 3 N–H and O–H groups in total. The fraction of sp³-hybridized carbons (Fsp3) is 0.500. The number of hydrogen-bond donors (Lipinski definition) is 2. The highest BCUT2D eigenvalue weighted by Gasteiger charge is 2.12. The van der Waals surface area contributed by atoms with Crippen LogP contribution in [0.25, 0.3) is 0 Å². The van der Waals surface area contributed by atoms with Crippen LogP contribution in [0.3, 0.4) is 0 Å². The van der Waals surface area contributed by atoms with E-state index in [1.807, 2.05) is 6.92 Å². The molecular weight excluding hydrogens is 223 g/mol. The van der Waals surface area contributed by atoms with E-state index in [1.54, 1.807) is 12.1 Å². The van der Waals surface area contributed by atoms with E-state index < -0.39 is 0 Å². The number of hydrogen-bond acceptors (Lipinski definition) is 4. The van der Waals surface area contributed by atoms with Gasteiger partial charge in [-0.1, -0.05) is 6.07 Å². The molecule has 1 unspecified atom stereocenters. The van der Waals surface area contributed by atoms with Gasteiger partial charge >= 0.3 is 0 Å². The number of nitrogens with one attached hydrogen (secondary N) is 1. The van der Waals surface area contributed by atoms with Crippen LogP contribution in [0, 0.1) is 5.82 Å². The second kappa shape index (κ2) is 7.21. The van der Waals surface area contributed by atoms with Gasteiger partial charge in [0.1, 0.15) is 0 Å². The number of halogens is 1. The van der Waals surface area contributed by atoms with Gasteiger partial charge in [0, 0.05) is 19.3 Å². The molecule has 0 aliphatic heterocycles. The summed E-state index contributed by atoms with van der Waals surface area (Å²) in [5.41, 5.74) is 3.44. The van der Waals surface area contributed by atoms with E-state index >= 15 is 0 Å². The molecule has 0 aliphatic carbocycles. The number of nitrogens with two attached hydrogens (primary N) is 1. The Morgan fingerprint density at radius 2 is 2.24 bits per heavy atom. The minimum absolute atomic E-state index is 0.123. The molecule has 0 fully saturated rings. The summed E-state index contributed by atoms with van der Waals surface area (Å²) in [6.07, 6.45) is 0.691. The maximum Gasteiger partial charge on any atom is 0.165 e. The molecule has 1 rings (SSSR count). The van der Waals surface area contributed by atoms with Crippen molar-refractivity contribution in [2.75, 3.05) is 20.3 Å². The summed E-state index contributed by atoms with van der Waals surface area (Å²) in [6, 6.07) is 4.69. The van der Waals surface area contributed by atoms with Crippen LogP contribution < -0.4 is 16.0 Å². The van der Waals surface area contributed by atoms with Crippen molar-refractivity contribution < 1.29 is 13.9 Å². The molecule has 1 aromatic rings. The van der Waals surface area contributed by atoms with Gasteiger partial charge in [-0.25, -0.2) is 4.39 Å². The summed E-state index contributed by atoms with van der Waals surface area (Å²) in [4.78, 5) is 0. The summed E-state index contributed by atoms with van der Waals surface area (Å²) in [5.74, 6) is 5.29. The van der Waals surface area contributed by atoms with Gasteiger partial charge in [-0.2, -0.15) is 0 Å². The maximum atomic E-state index is 13.5. The van der Waals surface area contributed by atoms with Gasteiger partial charge in [0.2, 0.25) is 0 Å². The lowest BCUT2D eigenvalue weighted by molar-refractivity contribution is 0.136. The first kappa shape index (κ1) is 13.9. The van der Waals surface area contributed by atoms with Gasteiger partial charge in [-0.3, -0.25) is 11.3 Å².